The Morgan fingerprint density at radius 1 is 0.500 bits per heavy atom. The van der Waals surface area contributed by atoms with Crippen LogP contribution in [0.5, 0.6) is 0 Å². The van der Waals surface area contributed by atoms with Crippen molar-refractivity contribution in [1.82, 2.24) is 0 Å². The van der Waals surface area contributed by atoms with Gasteiger partial charge in [-0.1, -0.05) is 95.2 Å². The van der Waals surface area contributed by atoms with E-state index in [0.717, 1.165) is 0 Å². The molecule has 18 heavy (non-hydrogen) atoms. The number of rotatable bonds is 12. The summed E-state index contributed by atoms with van der Waals surface area (Å²) in [7, 11) is 0. The van der Waals surface area contributed by atoms with Crippen LogP contribution in [0, 0.1) is 0 Å². The second-order valence-corrected chi connectivity index (χ2v) is 4.94. The Labute approximate surface area is 115 Å². The Morgan fingerprint density at radius 3 is 1.61 bits per heavy atom. The van der Waals surface area contributed by atoms with E-state index in [1.165, 1.54) is 64.2 Å². The molecule has 0 nitrogen and oxygen atoms in total. The first-order chi connectivity index (χ1) is 8.91. The lowest BCUT2D eigenvalue weighted by Gasteiger charge is -1.97. The lowest BCUT2D eigenvalue weighted by molar-refractivity contribution is 0.611. The average Bonchev–Trinajstić information content (AvgIpc) is 2.39. The number of allylic oxidation sites excluding steroid dienone is 6. The van der Waals surface area contributed by atoms with Gasteiger partial charge in [0.15, 0.2) is 0 Å². The van der Waals surface area contributed by atoms with E-state index in [1.807, 2.05) is 0 Å². The highest BCUT2D eigenvalue weighted by molar-refractivity contribution is 5.10. The molecule has 0 amide bonds. The number of hydrogen-bond acceptors (Lipinski definition) is 0. The first kappa shape index (κ1) is 17.2. The summed E-state index contributed by atoms with van der Waals surface area (Å²) in [5.74, 6) is 0. The quantitative estimate of drug-likeness (QED) is 0.270. The fourth-order valence-corrected chi connectivity index (χ4v) is 1.84. The molecule has 0 fully saturated rings. The fourth-order valence-electron chi connectivity index (χ4n) is 1.84. The number of unbranched alkanes of at least 4 members (excludes halogenated alkanes) is 8. The van der Waals surface area contributed by atoms with Gasteiger partial charge in [-0.3, -0.25) is 0 Å². The molecule has 0 aromatic carbocycles. The van der Waals surface area contributed by atoms with Gasteiger partial charge in [0.1, 0.15) is 0 Å². The first-order valence-corrected chi connectivity index (χ1v) is 7.90. The Kier molecular flexibility index (Phi) is 15.5. The van der Waals surface area contributed by atoms with Gasteiger partial charge < -0.3 is 0 Å². The highest BCUT2D eigenvalue weighted by atomic mass is 13.9. The second kappa shape index (κ2) is 16.2. The molecule has 0 heteroatoms. The summed E-state index contributed by atoms with van der Waals surface area (Å²) >= 11 is 0. The molecule has 0 aliphatic heterocycles. The lowest BCUT2D eigenvalue weighted by atomic mass is 10.1. The Morgan fingerprint density at radius 2 is 1.00 bits per heavy atom. The van der Waals surface area contributed by atoms with Gasteiger partial charge in [-0.25, -0.2) is 0 Å². The Hall–Kier alpha value is -0.780. The van der Waals surface area contributed by atoms with Gasteiger partial charge in [-0.05, 0) is 19.3 Å². The summed E-state index contributed by atoms with van der Waals surface area (Å²) in [4.78, 5) is 0. The molecule has 0 aromatic heterocycles. The zero-order valence-electron chi connectivity index (χ0n) is 12.5. The summed E-state index contributed by atoms with van der Waals surface area (Å²) in [6.45, 7) is 4.50. The minimum absolute atomic E-state index is 1.21. The molecule has 0 unspecified atom stereocenters. The summed E-state index contributed by atoms with van der Waals surface area (Å²) < 4.78 is 0. The van der Waals surface area contributed by atoms with E-state index in [4.69, 9.17) is 0 Å². The molecular weight excluding hydrogens is 216 g/mol. The largest absolute Gasteiger partial charge is 0.0845 e. The van der Waals surface area contributed by atoms with Crippen LogP contribution in [0.4, 0.5) is 0 Å². The van der Waals surface area contributed by atoms with Crippen molar-refractivity contribution in [3.63, 3.8) is 0 Å². The molecule has 0 radical (unpaired) electrons. The summed E-state index contributed by atoms with van der Waals surface area (Å²) in [6, 6.07) is 0. The molecule has 0 rings (SSSR count). The van der Waals surface area contributed by atoms with Crippen molar-refractivity contribution in [3.8, 4) is 0 Å². The van der Waals surface area contributed by atoms with E-state index in [0.29, 0.717) is 0 Å². The van der Waals surface area contributed by atoms with Gasteiger partial charge in [-0.15, -0.1) is 0 Å². The van der Waals surface area contributed by atoms with Crippen LogP contribution in [0.15, 0.2) is 36.5 Å². The fraction of sp³-hybridized carbons (Fsp3) is 0.667. The van der Waals surface area contributed by atoms with Crippen LogP contribution < -0.4 is 0 Å². The maximum absolute atomic E-state index is 2.29. The Bertz CT molecular complexity index is 220. The second-order valence-electron chi connectivity index (χ2n) is 4.94. The van der Waals surface area contributed by atoms with Crippen LogP contribution in [0.1, 0.15) is 78.1 Å². The normalized spacial score (nSPS) is 12.3. The minimum Gasteiger partial charge on any atom is -0.0845 e. The molecule has 0 heterocycles. The van der Waals surface area contributed by atoms with Crippen LogP contribution in [0.3, 0.4) is 0 Å². The molecule has 0 aliphatic carbocycles. The van der Waals surface area contributed by atoms with Crippen molar-refractivity contribution in [2.45, 2.75) is 78.1 Å². The van der Waals surface area contributed by atoms with Crippen molar-refractivity contribution in [2.75, 3.05) is 0 Å². The van der Waals surface area contributed by atoms with Crippen LogP contribution in [0.2, 0.25) is 0 Å². The highest BCUT2D eigenvalue weighted by Gasteiger charge is 1.87. The SMILES string of the molecule is CCCCC=CC=CC=CCCCCCCCC. The minimum atomic E-state index is 1.21. The monoisotopic (exact) mass is 248 g/mol. The molecule has 0 spiro atoms. The zero-order chi connectivity index (χ0) is 13.3. The molecule has 0 saturated heterocycles. The maximum Gasteiger partial charge on any atom is -0.0348 e. The third-order valence-corrected chi connectivity index (χ3v) is 3.05. The number of hydrogen-bond donors (Lipinski definition) is 0. The van der Waals surface area contributed by atoms with E-state index < -0.39 is 0 Å². The summed E-state index contributed by atoms with van der Waals surface area (Å²) in [5, 5.41) is 0. The van der Waals surface area contributed by atoms with Crippen molar-refractivity contribution >= 4 is 0 Å². The molecule has 0 saturated carbocycles. The van der Waals surface area contributed by atoms with Crippen molar-refractivity contribution in [2.24, 2.45) is 0 Å². The van der Waals surface area contributed by atoms with Gasteiger partial charge in [0, 0.05) is 0 Å². The third-order valence-electron chi connectivity index (χ3n) is 3.05. The highest BCUT2D eigenvalue weighted by Crippen LogP contribution is 2.07. The molecule has 0 aliphatic rings. The topological polar surface area (TPSA) is 0 Å². The van der Waals surface area contributed by atoms with Crippen molar-refractivity contribution < 1.29 is 0 Å². The van der Waals surface area contributed by atoms with E-state index in [1.54, 1.807) is 0 Å². The smallest absolute Gasteiger partial charge is 0.0348 e. The van der Waals surface area contributed by atoms with Crippen LogP contribution in [0.25, 0.3) is 0 Å². The van der Waals surface area contributed by atoms with Crippen LogP contribution in [-0.4, -0.2) is 0 Å². The predicted octanol–water partition coefficient (Wildman–Crippen LogP) is 6.60. The average molecular weight is 248 g/mol. The summed E-state index contributed by atoms with van der Waals surface area (Å²) in [5.41, 5.74) is 0. The molecule has 0 atom stereocenters. The standard InChI is InChI=1S/C18H32/c1-3-5-7-9-11-13-15-17-18-16-14-12-10-8-6-4-2/h9,11,13,15,17-18H,3-8,10,12,14,16H2,1-2H3. The van der Waals surface area contributed by atoms with Crippen molar-refractivity contribution in [1.29, 1.82) is 0 Å². The van der Waals surface area contributed by atoms with Crippen molar-refractivity contribution in [3.05, 3.63) is 36.5 Å². The Balaban J connectivity index is 3.26. The van der Waals surface area contributed by atoms with E-state index in [-0.39, 0.29) is 0 Å². The molecule has 0 N–H and O–H groups in total. The molecule has 0 aromatic rings. The van der Waals surface area contributed by atoms with E-state index >= 15 is 0 Å². The van der Waals surface area contributed by atoms with Gasteiger partial charge in [0.25, 0.3) is 0 Å². The molecule has 104 valence electrons. The van der Waals surface area contributed by atoms with Gasteiger partial charge in [-0.2, -0.15) is 0 Å². The van der Waals surface area contributed by atoms with Gasteiger partial charge >= 0.3 is 0 Å². The van der Waals surface area contributed by atoms with Gasteiger partial charge in [0.2, 0.25) is 0 Å². The predicted molar refractivity (Wildman–Crippen MR) is 84.9 cm³/mol. The maximum atomic E-state index is 2.29. The van der Waals surface area contributed by atoms with Gasteiger partial charge in [0.05, 0.1) is 0 Å². The third kappa shape index (κ3) is 15.2. The summed E-state index contributed by atoms with van der Waals surface area (Å²) in [6.07, 6.45) is 26.5. The molecular formula is C18H32. The van der Waals surface area contributed by atoms with E-state index in [9.17, 15) is 0 Å². The zero-order valence-corrected chi connectivity index (χ0v) is 12.5. The van der Waals surface area contributed by atoms with Crippen LogP contribution in [-0.2, 0) is 0 Å². The van der Waals surface area contributed by atoms with E-state index in [2.05, 4.69) is 50.3 Å². The first-order valence-electron chi connectivity index (χ1n) is 7.90. The molecule has 0 bridgehead atoms. The lowest BCUT2D eigenvalue weighted by Crippen LogP contribution is -1.77. The van der Waals surface area contributed by atoms with Crippen LogP contribution >= 0.6 is 0 Å².